The number of carbonyl (C=O) groups excluding carboxylic acids is 1. The predicted molar refractivity (Wildman–Crippen MR) is 179 cm³/mol. The van der Waals surface area contributed by atoms with E-state index in [2.05, 4.69) is 29.0 Å². The molecule has 2 heterocycles. The zero-order chi connectivity index (χ0) is 41.0. The highest BCUT2D eigenvalue weighted by molar-refractivity contribution is 5.73. The molecule has 0 spiro atoms. The van der Waals surface area contributed by atoms with E-state index in [-0.39, 0.29) is 6.09 Å². The van der Waals surface area contributed by atoms with Gasteiger partial charge in [-0.05, 0) is 82.4 Å². The molecule has 54 heavy (non-hydrogen) atoms. The van der Waals surface area contributed by atoms with Crippen molar-refractivity contribution in [2.45, 2.75) is 81.8 Å². The topological polar surface area (TPSA) is 97.3 Å². The van der Waals surface area contributed by atoms with Crippen molar-refractivity contribution in [3.63, 3.8) is 0 Å². The molecule has 2 aliphatic heterocycles. The van der Waals surface area contributed by atoms with E-state index in [1.807, 2.05) is 20.8 Å². The van der Waals surface area contributed by atoms with Crippen LogP contribution in [0.5, 0.6) is 0 Å². The maximum Gasteiger partial charge on any atom is 0.490 e. The Hall–Kier alpha value is -4.45. The third kappa shape index (κ3) is 15.1. The minimum atomic E-state index is -5.08. The fourth-order valence-electron chi connectivity index (χ4n) is 4.83. The first-order chi connectivity index (χ1) is 24.8. The molecule has 0 radical (unpaired) electrons. The molecule has 0 aromatic heterocycles. The fraction of sp³-hybridized carbons (Fsp3) is 0.514. The van der Waals surface area contributed by atoms with Crippen molar-refractivity contribution in [3.8, 4) is 23.7 Å². The van der Waals surface area contributed by atoms with Gasteiger partial charge in [0.25, 0.3) is 0 Å². The molecule has 2 aliphatic rings. The Labute approximate surface area is 307 Å². The van der Waals surface area contributed by atoms with Crippen LogP contribution in [0.1, 0.15) is 68.7 Å². The van der Waals surface area contributed by atoms with E-state index in [0.29, 0.717) is 37.1 Å². The molecule has 4 rings (SSSR count). The summed E-state index contributed by atoms with van der Waals surface area (Å²) in [6.45, 7) is 7.96. The maximum absolute atomic E-state index is 12.6. The van der Waals surface area contributed by atoms with E-state index in [1.54, 1.807) is 19.1 Å². The van der Waals surface area contributed by atoms with Gasteiger partial charge >= 0.3 is 30.6 Å². The van der Waals surface area contributed by atoms with Gasteiger partial charge in [-0.25, -0.2) is 9.59 Å². The molecular formula is C37H41F9N2O6. The number of likely N-dealkylation sites (tertiary alicyclic amines) is 1. The molecule has 0 unspecified atom stereocenters. The van der Waals surface area contributed by atoms with Crippen LogP contribution in [0.4, 0.5) is 44.3 Å². The van der Waals surface area contributed by atoms with Gasteiger partial charge in [-0.15, -0.1) is 0 Å². The van der Waals surface area contributed by atoms with E-state index in [9.17, 15) is 44.3 Å². The Morgan fingerprint density at radius 3 is 1.33 bits per heavy atom. The Morgan fingerprint density at radius 2 is 1.04 bits per heavy atom. The normalized spacial score (nSPS) is 16.7. The number of alkyl halides is 9. The maximum atomic E-state index is 12.6. The molecule has 2 aromatic carbocycles. The highest BCUT2D eigenvalue weighted by Crippen LogP contribution is 2.31. The van der Waals surface area contributed by atoms with Crippen LogP contribution in [0, 0.1) is 23.7 Å². The molecule has 2 aromatic rings. The molecule has 298 valence electrons. The second-order valence-corrected chi connectivity index (χ2v) is 13.1. The second-order valence-electron chi connectivity index (χ2n) is 13.1. The minimum Gasteiger partial charge on any atom is -0.475 e. The van der Waals surface area contributed by atoms with Gasteiger partial charge in [0.05, 0.1) is 11.1 Å². The number of piperidine rings is 2. The highest BCUT2D eigenvalue weighted by atomic mass is 19.4. The molecular weight excluding hydrogens is 739 g/mol. The van der Waals surface area contributed by atoms with Crippen LogP contribution in [-0.4, -0.2) is 85.4 Å². The molecule has 2 saturated heterocycles. The standard InChI is InChI=1S/C20H24F3NO3.C15H16F3NO.C2HF3O2/c1-18(2,3)27-17(25)24-13-11-19(26-4,12-14-24)10-9-15-5-7-16(8-6-15)20(21,22)23;1-20-14(8-10-19-11-9-14)7-6-12-2-4-13(5-3-12)15(16,17)18;3-2(4,5)1(6)7/h5-8H,11-14H2,1-4H3;2-5,19H,8-11H2,1H3;(H,6,7). The van der Waals surface area contributed by atoms with Crippen molar-refractivity contribution in [2.24, 2.45) is 0 Å². The van der Waals surface area contributed by atoms with Crippen LogP contribution in [0.3, 0.4) is 0 Å². The zero-order valence-electron chi connectivity index (χ0n) is 30.1. The van der Waals surface area contributed by atoms with Gasteiger partial charge in [-0.2, -0.15) is 39.5 Å². The van der Waals surface area contributed by atoms with Gasteiger partial charge in [0.1, 0.15) is 16.8 Å². The monoisotopic (exact) mass is 780 g/mol. The number of methoxy groups -OCH3 is 2. The lowest BCUT2D eigenvalue weighted by Crippen LogP contribution is -2.48. The molecule has 0 saturated carbocycles. The van der Waals surface area contributed by atoms with Crippen molar-refractivity contribution in [1.29, 1.82) is 0 Å². The minimum absolute atomic E-state index is 0.372. The predicted octanol–water partition coefficient (Wildman–Crippen LogP) is 7.93. The summed E-state index contributed by atoms with van der Waals surface area (Å²) >= 11 is 0. The summed E-state index contributed by atoms with van der Waals surface area (Å²) in [5.74, 6) is 9.15. The molecule has 1 amide bonds. The zero-order valence-corrected chi connectivity index (χ0v) is 30.1. The number of hydrogen-bond donors (Lipinski definition) is 2. The quantitative estimate of drug-likeness (QED) is 0.236. The van der Waals surface area contributed by atoms with Crippen LogP contribution in [-0.2, 0) is 31.4 Å². The average Bonchev–Trinajstić information content (AvgIpc) is 3.09. The van der Waals surface area contributed by atoms with E-state index in [0.717, 1.165) is 50.2 Å². The lowest BCUT2D eigenvalue weighted by molar-refractivity contribution is -0.192. The van der Waals surface area contributed by atoms with Gasteiger partial charge in [0.2, 0.25) is 0 Å². The van der Waals surface area contributed by atoms with Crippen LogP contribution in [0.2, 0.25) is 0 Å². The molecule has 0 atom stereocenters. The van der Waals surface area contributed by atoms with Crippen molar-refractivity contribution in [2.75, 3.05) is 40.4 Å². The van der Waals surface area contributed by atoms with Gasteiger partial charge < -0.3 is 29.5 Å². The number of ether oxygens (including phenoxy) is 3. The van der Waals surface area contributed by atoms with Crippen molar-refractivity contribution >= 4 is 12.1 Å². The van der Waals surface area contributed by atoms with E-state index in [1.165, 1.54) is 24.3 Å². The molecule has 2 fully saturated rings. The SMILES string of the molecule is COC1(C#Cc2ccc(C(F)(F)F)cc2)CCN(C(=O)OC(C)(C)C)CC1.COC1(C#Cc2ccc(C(F)(F)F)cc2)CCNCC1.O=C(O)C(F)(F)F. The first-order valence-electron chi connectivity index (χ1n) is 16.3. The summed E-state index contributed by atoms with van der Waals surface area (Å²) in [4.78, 5) is 22.6. The van der Waals surface area contributed by atoms with E-state index < -0.39 is 52.4 Å². The number of nitrogens with zero attached hydrogens (tertiary/aromatic N) is 1. The number of nitrogens with one attached hydrogen (secondary N) is 1. The van der Waals surface area contributed by atoms with Gasteiger partial charge in [-0.3, -0.25) is 0 Å². The molecule has 17 heteroatoms. The van der Waals surface area contributed by atoms with Gasteiger partial charge in [-0.1, -0.05) is 23.7 Å². The van der Waals surface area contributed by atoms with Gasteiger partial charge in [0, 0.05) is 64.1 Å². The Bertz CT molecular complexity index is 1650. The van der Waals surface area contributed by atoms with Crippen molar-refractivity contribution in [3.05, 3.63) is 70.8 Å². The van der Waals surface area contributed by atoms with Crippen LogP contribution >= 0.6 is 0 Å². The Kier molecular flexibility index (Phi) is 15.9. The second kappa shape index (κ2) is 18.7. The number of carboxylic acid groups (broad SMARTS) is 1. The first-order valence-corrected chi connectivity index (χ1v) is 16.3. The molecule has 0 aliphatic carbocycles. The number of hydrogen-bond acceptors (Lipinski definition) is 6. The lowest BCUT2D eigenvalue weighted by Gasteiger charge is -2.38. The summed E-state index contributed by atoms with van der Waals surface area (Å²) < 4.78 is 123. The highest BCUT2D eigenvalue weighted by Gasteiger charge is 2.38. The first kappa shape index (κ1) is 45.7. The summed E-state index contributed by atoms with van der Waals surface area (Å²) in [6, 6.07) is 9.57. The van der Waals surface area contributed by atoms with Crippen LogP contribution in [0.25, 0.3) is 0 Å². The summed E-state index contributed by atoms with van der Waals surface area (Å²) in [6.07, 6.45) is -11.6. The molecule has 2 N–H and O–H groups in total. The van der Waals surface area contributed by atoms with Crippen molar-refractivity contribution < 1.29 is 68.4 Å². The number of amides is 1. The van der Waals surface area contributed by atoms with Crippen LogP contribution in [0.15, 0.2) is 48.5 Å². The molecule has 8 nitrogen and oxygen atoms in total. The number of carbonyl (C=O) groups is 2. The number of rotatable bonds is 2. The summed E-state index contributed by atoms with van der Waals surface area (Å²) in [5, 5.41) is 10.3. The van der Waals surface area contributed by atoms with E-state index in [4.69, 9.17) is 24.1 Å². The third-order valence-electron chi connectivity index (χ3n) is 7.95. The molecule has 0 bridgehead atoms. The Balaban J connectivity index is 0.000000327. The van der Waals surface area contributed by atoms with Crippen LogP contribution < -0.4 is 5.32 Å². The smallest absolute Gasteiger partial charge is 0.475 e. The van der Waals surface area contributed by atoms with Gasteiger partial charge in [0.15, 0.2) is 0 Å². The fourth-order valence-corrected chi connectivity index (χ4v) is 4.83. The number of carboxylic acids is 1. The third-order valence-corrected chi connectivity index (χ3v) is 7.95. The summed E-state index contributed by atoms with van der Waals surface area (Å²) in [5.41, 5.74) is -2.11. The summed E-state index contributed by atoms with van der Waals surface area (Å²) in [7, 11) is 3.16. The number of aliphatic carboxylic acids is 1. The lowest BCUT2D eigenvalue weighted by atomic mass is 9.91. The Morgan fingerprint density at radius 1 is 0.685 bits per heavy atom. The number of benzene rings is 2. The average molecular weight is 781 g/mol. The van der Waals surface area contributed by atoms with E-state index >= 15 is 0 Å². The number of halogens is 9. The van der Waals surface area contributed by atoms with Crippen molar-refractivity contribution in [1.82, 2.24) is 10.2 Å². The largest absolute Gasteiger partial charge is 0.490 e.